The molecule has 2 aliphatic heterocycles. The Balaban J connectivity index is 1.36. The molecule has 1 atom stereocenters. The lowest BCUT2D eigenvalue weighted by molar-refractivity contribution is -0.139. The summed E-state index contributed by atoms with van der Waals surface area (Å²) >= 11 is 0. The van der Waals surface area contributed by atoms with E-state index in [0.717, 1.165) is 27.9 Å². The molecule has 2 aliphatic rings. The van der Waals surface area contributed by atoms with Crippen molar-refractivity contribution in [3.8, 4) is 0 Å². The van der Waals surface area contributed by atoms with Gasteiger partial charge in [0.25, 0.3) is 5.91 Å². The van der Waals surface area contributed by atoms with Crippen LogP contribution in [0.5, 0.6) is 0 Å². The number of carbonyl (C=O) groups excluding carboxylic acids is 1. The molecule has 4 rings (SSSR count). The van der Waals surface area contributed by atoms with Gasteiger partial charge >= 0.3 is 5.97 Å². The molecular formula is C26H31N5O4. The summed E-state index contributed by atoms with van der Waals surface area (Å²) in [5, 5.41) is 15.6. The molecule has 0 aromatic heterocycles. The van der Waals surface area contributed by atoms with Gasteiger partial charge < -0.3 is 31.1 Å². The van der Waals surface area contributed by atoms with E-state index in [9.17, 15) is 14.7 Å². The number of nitrogens with two attached hydrogens (primary N) is 1. The van der Waals surface area contributed by atoms with Crippen molar-refractivity contribution >= 4 is 34.9 Å². The van der Waals surface area contributed by atoms with Crippen molar-refractivity contribution in [2.24, 2.45) is 10.7 Å². The number of benzene rings is 2. The van der Waals surface area contributed by atoms with Crippen LogP contribution >= 0.6 is 0 Å². The number of hydrogen-bond donors (Lipinski definition) is 4. The normalized spacial score (nSPS) is 17.4. The van der Waals surface area contributed by atoms with E-state index in [0.29, 0.717) is 56.3 Å². The molecule has 0 fully saturated rings. The van der Waals surface area contributed by atoms with Crippen molar-refractivity contribution in [1.82, 2.24) is 10.2 Å². The van der Waals surface area contributed by atoms with Crippen LogP contribution in [0, 0.1) is 0 Å². The van der Waals surface area contributed by atoms with Crippen LogP contribution in [0.4, 0.5) is 5.69 Å². The third-order valence-corrected chi connectivity index (χ3v) is 6.17. The predicted octanol–water partition coefficient (Wildman–Crippen LogP) is 2.28. The minimum absolute atomic E-state index is 0.155. The number of guanidine groups is 1. The van der Waals surface area contributed by atoms with Gasteiger partial charge in [0.2, 0.25) is 0 Å². The third kappa shape index (κ3) is 5.46. The summed E-state index contributed by atoms with van der Waals surface area (Å²) in [6, 6.07) is 13.0. The Hall–Kier alpha value is -3.85. The molecule has 0 unspecified atom stereocenters. The zero-order chi connectivity index (χ0) is 24.9. The fourth-order valence-electron chi connectivity index (χ4n) is 4.25. The average molecular weight is 478 g/mol. The molecule has 0 spiro atoms. The Morgan fingerprint density at radius 1 is 1.26 bits per heavy atom. The quantitative estimate of drug-likeness (QED) is 0.189. The van der Waals surface area contributed by atoms with Crippen LogP contribution in [0.15, 0.2) is 47.5 Å². The smallest absolute Gasteiger partial charge is 0.320 e. The van der Waals surface area contributed by atoms with Crippen LogP contribution in [0.3, 0.4) is 0 Å². The van der Waals surface area contributed by atoms with Crippen LogP contribution in [-0.2, 0) is 27.4 Å². The van der Waals surface area contributed by atoms with E-state index in [1.807, 2.05) is 50.5 Å². The van der Waals surface area contributed by atoms with Gasteiger partial charge in [-0.2, -0.15) is 0 Å². The minimum Gasteiger partial charge on any atom is -0.487 e. The van der Waals surface area contributed by atoms with Gasteiger partial charge in [-0.1, -0.05) is 36.4 Å². The standard InChI is InChI=1S/C26H31N5O4/c1-31(2)26(27)29-12-5-8-21(25(33)34)28-13-11-16-9-10-18-17(14-16)15-35-23(18)22-19-6-3-4-7-20(19)30-24(22)32/h3-4,6-7,9-10,14,21,28H,5,8,11-13,15H2,1-2H3,(H2,27,29)(H,30,32)(H,33,34)/b23-22+/t21-/m0/s1. The molecule has 184 valence electrons. The first-order valence-electron chi connectivity index (χ1n) is 11.7. The number of carbonyl (C=O) groups is 2. The second-order valence-corrected chi connectivity index (χ2v) is 8.86. The van der Waals surface area contributed by atoms with Crippen molar-refractivity contribution in [2.45, 2.75) is 31.9 Å². The minimum atomic E-state index is -0.872. The second kappa shape index (κ2) is 10.6. The highest BCUT2D eigenvalue weighted by Crippen LogP contribution is 2.41. The van der Waals surface area contributed by atoms with Crippen molar-refractivity contribution in [3.63, 3.8) is 0 Å². The molecule has 5 N–H and O–H groups in total. The number of carboxylic acid groups (broad SMARTS) is 1. The molecule has 35 heavy (non-hydrogen) atoms. The largest absolute Gasteiger partial charge is 0.487 e. The number of para-hydroxylation sites is 1. The molecule has 0 radical (unpaired) electrons. The number of anilines is 1. The topological polar surface area (TPSA) is 129 Å². The van der Waals surface area contributed by atoms with E-state index in [2.05, 4.69) is 21.7 Å². The molecular weight excluding hydrogens is 446 g/mol. The van der Waals surface area contributed by atoms with Gasteiger partial charge in [0, 0.05) is 43.0 Å². The van der Waals surface area contributed by atoms with Gasteiger partial charge in [-0.15, -0.1) is 0 Å². The summed E-state index contributed by atoms with van der Waals surface area (Å²) in [5.74, 6) is 0.0121. The number of rotatable bonds is 9. The molecule has 1 amide bonds. The number of aliphatic carboxylic acids is 1. The lowest BCUT2D eigenvalue weighted by Gasteiger charge is -2.15. The Kier molecular flexibility index (Phi) is 7.36. The van der Waals surface area contributed by atoms with Gasteiger partial charge in [-0.3, -0.25) is 14.6 Å². The maximum atomic E-state index is 12.6. The highest BCUT2D eigenvalue weighted by Gasteiger charge is 2.32. The molecule has 2 heterocycles. The molecule has 0 saturated carbocycles. The summed E-state index contributed by atoms with van der Waals surface area (Å²) in [7, 11) is 3.63. The van der Waals surface area contributed by atoms with E-state index >= 15 is 0 Å². The second-order valence-electron chi connectivity index (χ2n) is 8.86. The lowest BCUT2D eigenvalue weighted by Crippen LogP contribution is -2.38. The Bertz CT molecular complexity index is 1190. The number of aliphatic imine (C=N–C) groups is 1. The Labute approximate surface area is 204 Å². The van der Waals surface area contributed by atoms with Gasteiger partial charge in [-0.05, 0) is 37.4 Å². The monoisotopic (exact) mass is 477 g/mol. The predicted molar refractivity (Wildman–Crippen MR) is 136 cm³/mol. The summed E-state index contributed by atoms with van der Waals surface area (Å²) in [5.41, 5.74) is 11.0. The number of hydrogen-bond acceptors (Lipinski definition) is 5. The van der Waals surface area contributed by atoms with Gasteiger partial charge in [0.05, 0.1) is 5.57 Å². The van der Waals surface area contributed by atoms with Crippen LogP contribution in [0.1, 0.15) is 35.1 Å². The van der Waals surface area contributed by atoms with E-state index < -0.39 is 12.0 Å². The van der Waals surface area contributed by atoms with Crippen LogP contribution in [0.2, 0.25) is 0 Å². The molecule has 0 aliphatic carbocycles. The molecule has 2 aromatic rings. The Morgan fingerprint density at radius 2 is 2.06 bits per heavy atom. The summed E-state index contributed by atoms with van der Waals surface area (Å²) < 4.78 is 5.95. The van der Waals surface area contributed by atoms with Gasteiger partial charge in [0.1, 0.15) is 18.4 Å². The van der Waals surface area contributed by atoms with Crippen LogP contribution in [-0.4, -0.2) is 61.1 Å². The van der Waals surface area contributed by atoms with Gasteiger partial charge in [-0.25, -0.2) is 0 Å². The molecule has 9 nitrogen and oxygen atoms in total. The zero-order valence-corrected chi connectivity index (χ0v) is 20.0. The number of nitrogens with zero attached hydrogens (tertiary/aromatic N) is 2. The van der Waals surface area contributed by atoms with Crippen LogP contribution in [0.25, 0.3) is 11.3 Å². The molecule has 2 aromatic carbocycles. The molecule has 0 saturated heterocycles. The SMILES string of the molecule is CN(C)C(N)=NCCC[C@H](NCCc1ccc2c(c1)CO/C2=C1/C(=O)Nc2ccccc21)C(=O)O. The molecule has 9 heteroatoms. The number of fused-ring (bicyclic) bond motifs is 2. The summed E-state index contributed by atoms with van der Waals surface area (Å²) in [6.07, 6.45) is 1.78. The highest BCUT2D eigenvalue weighted by molar-refractivity contribution is 6.36. The Morgan fingerprint density at radius 3 is 2.83 bits per heavy atom. The first-order valence-corrected chi connectivity index (χ1v) is 11.7. The third-order valence-electron chi connectivity index (χ3n) is 6.17. The molecule has 0 bridgehead atoms. The number of ether oxygens (including phenoxy) is 1. The van der Waals surface area contributed by atoms with Crippen molar-refractivity contribution in [2.75, 3.05) is 32.5 Å². The number of carboxylic acids is 1. The first-order chi connectivity index (χ1) is 16.8. The number of nitrogens with one attached hydrogen (secondary N) is 2. The maximum Gasteiger partial charge on any atom is 0.320 e. The van der Waals surface area contributed by atoms with Gasteiger partial charge in [0.15, 0.2) is 5.96 Å². The zero-order valence-electron chi connectivity index (χ0n) is 20.0. The summed E-state index contributed by atoms with van der Waals surface area (Å²) in [4.78, 5) is 30.2. The maximum absolute atomic E-state index is 12.6. The highest BCUT2D eigenvalue weighted by atomic mass is 16.5. The van der Waals surface area contributed by atoms with Crippen molar-refractivity contribution < 1.29 is 19.4 Å². The van der Waals surface area contributed by atoms with E-state index in [-0.39, 0.29) is 5.91 Å². The first kappa shape index (κ1) is 24.3. The van der Waals surface area contributed by atoms with E-state index in [4.69, 9.17) is 10.5 Å². The van der Waals surface area contributed by atoms with E-state index in [1.54, 1.807) is 4.90 Å². The fourth-order valence-corrected chi connectivity index (χ4v) is 4.25. The average Bonchev–Trinajstić information content (AvgIpc) is 3.39. The number of amides is 1. The van der Waals surface area contributed by atoms with Crippen molar-refractivity contribution in [1.29, 1.82) is 0 Å². The van der Waals surface area contributed by atoms with E-state index in [1.165, 1.54) is 0 Å². The van der Waals surface area contributed by atoms with Crippen LogP contribution < -0.4 is 16.4 Å². The lowest BCUT2D eigenvalue weighted by atomic mass is 9.98. The fraction of sp³-hybridized carbons (Fsp3) is 0.346. The van der Waals surface area contributed by atoms with Crippen molar-refractivity contribution in [3.05, 3.63) is 64.7 Å². The summed E-state index contributed by atoms with van der Waals surface area (Å²) in [6.45, 7) is 1.42.